The molecule has 204 valence electrons. The van der Waals surface area contributed by atoms with Crippen molar-refractivity contribution in [2.75, 3.05) is 6.61 Å². The summed E-state index contributed by atoms with van der Waals surface area (Å²) in [6.07, 6.45) is 3.53. The van der Waals surface area contributed by atoms with E-state index in [1.54, 1.807) is 84.9 Å². The largest absolute Gasteiger partial charge is 0.494 e. The molecule has 0 saturated carbocycles. The molecule has 0 fully saturated rings. The van der Waals surface area contributed by atoms with Crippen molar-refractivity contribution in [3.63, 3.8) is 0 Å². The summed E-state index contributed by atoms with van der Waals surface area (Å²) in [5, 5.41) is 4.69. The zero-order valence-corrected chi connectivity index (χ0v) is 22.8. The Morgan fingerprint density at radius 3 is 2.27 bits per heavy atom. The van der Waals surface area contributed by atoms with Crippen molar-refractivity contribution in [2.24, 2.45) is 5.10 Å². The number of nitrogens with zero attached hydrogens (tertiary/aromatic N) is 1. The maximum absolute atomic E-state index is 12.7. The van der Waals surface area contributed by atoms with Gasteiger partial charge in [-0.05, 0) is 90.3 Å². The molecule has 4 rings (SSSR count). The van der Waals surface area contributed by atoms with E-state index in [2.05, 4.69) is 17.5 Å². The number of rotatable bonds is 12. The lowest BCUT2D eigenvalue weighted by molar-refractivity contribution is 0.0734. The fourth-order valence-corrected chi connectivity index (χ4v) is 3.68. The number of hydrazone groups is 1. The van der Waals surface area contributed by atoms with Crippen LogP contribution in [0.5, 0.6) is 17.2 Å². The van der Waals surface area contributed by atoms with E-state index >= 15 is 0 Å². The van der Waals surface area contributed by atoms with Crippen LogP contribution in [0.25, 0.3) is 0 Å². The quantitative estimate of drug-likeness (QED) is 0.0662. The topological polar surface area (TPSA) is 86.2 Å². The average molecular weight is 557 g/mol. The van der Waals surface area contributed by atoms with E-state index in [0.29, 0.717) is 46.4 Å². The molecule has 1 amide bonds. The highest BCUT2D eigenvalue weighted by Gasteiger charge is 2.12. The Morgan fingerprint density at radius 2 is 1.55 bits per heavy atom. The number of benzene rings is 4. The number of hydrogen-bond acceptors (Lipinski definition) is 6. The molecule has 0 bridgehead atoms. The number of esters is 1. The first-order chi connectivity index (χ1) is 19.5. The Kier molecular flexibility index (Phi) is 10.3. The molecule has 0 aromatic heterocycles. The van der Waals surface area contributed by atoms with Crippen LogP contribution >= 0.6 is 11.6 Å². The number of unbranched alkanes of at least 4 members (excludes halogenated alkanes) is 1. The molecular weight excluding hydrogens is 528 g/mol. The predicted octanol–water partition coefficient (Wildman–Crippen LogP) is 7.08. The molecule has 4 aromatic carbocycles. The first-order valence-electron chi connectivity index (χ1n) is 12.9. The maximum Gasteiger partial charge on any atom is 0.343 e. The molecule has 8 heteroatoms. The zero-order valence-electron chi connectivity index (χ0n) is 22.0. The number of amides is 1. The number of ether oxygens (including phenoxy) is 3. The fraction of sp³-hybridized carbons (Fsp3) is 0.156. The highest BCUT2D eigenvalue weighted by Crippen LogP contribution is 2.20. The second-order valence-corrected chi connectivity index (χ2v) is 9.23. The van der Waals surface area contributed by atoms with Crippen molar-refractivity contribution < 1.29 is 23.8 Å². The second-order valence-electron chi connectivity index (χ2n) is 8.80. The predicted molar refractivity (Wildman–Crippen MR) is 156 cm³/mol. The Morgan fingerprint density at radius 1 is 0.850 bits per heavy atom. The number of nitrogens with one attached hydrogen (secondary N) is 1. The molecule has 0 heterocycles. The number of carbonyl (C=O) groups is 2. The van der Waals surface area contributed by atoms with Gasteiger partial charge in [0.1, 0.15) is 23.9 Å². The van der Waals surface area contributed by atoms with Crippen molar-refractivity contribution in [1.29, 1.82) is 0 Å². The van der Waals surface area contributed by atoms with Gasteiger partial charge in [-0.2, -0.15) is 5.10 Å². The van der Waals surface area contributed by atoms with Gasteiger partial charge in [0.2, 0.25) is 0 Å². The van der Waals surface area contributed by atoms with Gasteiger partial charge in [-0.25, -0.2) is 10.2 Å². The van der Waals surface area contributed by atoms with Crippen molar-refractivity contribution in [1.82, 2.24) is 5.43 Å². The van der Waals surface area contributed by atoms with Crippen LogP contribution in [0.3, 0.4) is 0 Å². The van der Waals surface area contributed by atoms with Crippen LogP contribution in [0.2, 0.25) is 5.02 Å². The van der Waals surface area contributed by atoms with E-state index in [1.165, 1.54) is 6.21 Å². The Hall–Kier alpha value is -4.62. The Bertz CT molecular complexity index is 1440. The first kappa shape index (κ1) is 28.4. The molecular formula is C32H29ClN2O5. The van der Waals surface area contributed by atoms with Crippen molar-refractivity contribution in [2.45, 2.75) is 26.4 Å². The summed E-state index contributed by atoms with van der Waals surface area (Å²) in [7, 11) is 0. The van der Waals surface area contributed by atoms with Gasteiger partial charge >= 0.3 is 5.97 Å². The molecule has 4 aromatic rings. The monoisotopic (exact) mass is 556 g/mol. The van der Waals surface area contributed by atoms with E-state index < -0.39 is 11.9 Å². The summed E-state index contributed by atoms with van der Waals surface area (Å²) in [6, 6.07) is 27.9. The summed E-state index contributed by atoms with van der Waals surface area (Å²) in [5.74, 6) is 0.673. The smallest absolute Gasteiger partial charge is 0.343 e. The summed E-state index contributed by atoms with van der Waals surface area (Å²) in [5.41, 5.74) is 4.94. The van der Waals surface area contributed by atoms with Gasteiger partial charge in [-0.3, -0.25) is 4.79 Å². The number of carbonyl (C=O) groups excluding carboxylic acids is 2. The van der Waals surface area contributed by atoms with Gasteiger partial charge in [-0.1, -0.05) is 49.2 Å². The Balaban J connectivity index is 1.28. The van der Waals surface area contributed by atoms with Crippen LogP contribution in [0.4, 0.5) is 0 Å². The third-order valence-corrected chi connectivity index (χ3v) is 6.02. The highest BCUT2D eigenvalue weighted by molar-refractivity contribution is 6.30. The first-order valence-corrected chi connectivity index (χ1v) is 13.2. The van der Waals surface area contributed by atoms with Crippen molar-refractivity contribution >= 4 is 29.7 Å². The minimum absolute atomic E-state index is 0.292. The summed E-state index contributed by atoms with van der Waals surface area (Å²) >= 11 is 5.93. The summed E-state index contributed by atoms with van der Waals surface area (Å²) in [4.78, 5) is 25.2. The lowest BCUT2D eigenvalue weighted by atomic mass is 10.2. The van der Waals surface area contributed by atoms with Gasteiger partial charge < -0.3 is 14.2 Å². The molecule has 0 aliphatic carbocycles. The average Bonchev–Trinajstić information content (AvgIpc) is 2.98. The second kappa shape index (κ2) is 14.5. The number of hydrogen-bond donors (Lipinski definition) is 1. The standard InChI is InChI=1S/C32H29ClN2O5/c1-2-3-20-38-27-18-12-25(13-19-27)32(37)40-28-16-10-23(11-17-28)21-34-35-31(36)29-6-4-5-7-30(29)39-22-24-8-14-26(33)15-9-24/h4-19,21H,2-3,20,22H2,1H3,(H,35,36). The van der Waals surface area contributed by atoms with Gasteiger partial charge in [-0.15, -0.1) is 0 Å². The van der Waals surface area contributed by atoms with Crippen LogP contribution < -0.4 is 19.6 Å². The third-order valence-electron chi connectivity index (χ3n) is 5.77. The fourth-order valence-electron chi connectivity index (χ4n) is 3.56. The number of para-hydroxylation sites is 1. The van der Waals surface area contributed by atoms with Gasteiger partial charge in [0.25, 0.3) is 5.91 Å². The van der Waals surface area contributed by atoms with E-state index in [4.69, 9.17) is 25.8 Å². The van der Waals surface area contributed by atoms with Crippen LogP contribution in [0.15, 0.2) is 102 Å². The minimum Gasteiger partial charge on any atom is -0.494 e. The molecule has 0 aliphatic rings. The minimum atomic E-state index is -0.467. The van der Waals surface area contributed by atoms with E-state index in [-0.39, 0.29) is 0 Å². The van der Waals surface area contributed by atoms with Crippen LogP contribution in [0.1, 0.15) is 51.6 Å². The highest BCUT2D eigenvalue weighted by atomic mass is 35.5. The van der Waals surface area contributed by atoms with Crippen LogP contribution in [-0.4, -0.2) is 24.7 Å². The van der Waals surface area contributed by atoms with Crippen LogP contribution in [0, 0.1) is 0 Å². The van der Waals surface area contributed by atoms with Gasteiger partial charge in [0.05, 0.1) is 23.9 Å². The molecule has 7 nitrogen and oxygen atoms in total. The summed E-state index contributed by atoms with van der Waals surface area (Å²) < 4.78 is 16.9. The SMILES string of the molecule is CCCCOc1ccc(C(=O)Oc2ccc(C=NNC(=O)c3ccccc3OCc3ccc(Cl)cc3)cc2)cc1. The summed E-state index contributed by atoms with van der Waals surface area (Å²) in [6.45, 7) is 3.04. The molecule has 1 N–H and O–H groups in total. The molecule has 0 spiro atoms. The molecule has 0 aliphatic heterocycles. The normalized spacial score (nSPS) is 10.8. The third kappa shape index (κ3) is 8.44. The molecule has 0 unspecified atom stereocenters. The van der Waals surface area contributed by atoms with Crippen molar-refractivity contribution in [3.05, 3.63) is 124 Å². The van der Waals surface area contributed by atoms with E-state index in [0.717, 1.165) is 24.2 Å². The Labute approximate surface area is 238 Å². The maximum atomic E-state index is 12.7. The molecule has 0 atom stereocenters. The lowest BCUT2D eigenvalue weighted by Gasteiger charge is -2.10. The van der Waals surface area contributed by atoms with Gasteiger partial charge in [0.15, 0.2) is 0 Å². The lowest BCUT2D eigenvalue weighted by Crippen LogP contribution is -2.18. The molecule has 0 radical (unpaired) electrons. The number of halogens is 1. The van der Waals surface area contributed by atoms with E-state index in [9.17, 15) is 9.59 Å². The van der Waals surface area contributed by atoms with Gasteiger partial charge in [0, 0.05) is 5.02 Å². The van der Waals surface area contributed by atoms with Crippen molar-refractivity contribution in [3.8, 4) is 17.2 Å². The molecule has 0 saturated heterocycles. The molecule has 40 heavy (non-hydrogen) atoms. The zero-order chi connectivity index (χ0) is 28.2. The van der Waals surface area contributed by atoms with E-state index in [1.807, 2.05) is 12.1 Å². The van der Waals surface area contributed by atoms with Crippen LogP contribution in [-0.2, 0) is 6.61 Å².